The minimum atomic E-state index is -0.776. The number of carbonyl (C=O) groups is 2. The molecule has 6 heteroatoms. The molecule has 1 aliphatic rings. The molecule has 1 heterocycles. The van der Waals surface area contributed by atoms with Gasteiger partial charge >= 0.3 is 5.97 Å². The fraction of sp³-hybridized carbons (Fsp3) is 0.333. The third-order valence-corrected chi connectivity index (χ3v) is 5.42. The first-order chi connectivity index (χ1) is 13.0. The zero-order valence-electron chi connectivity index (χ0n) is 14.9. The molecule has 0 aliphatic carbocycles. The number of benzene rings is 2. The molecule has 1 saturated heterocycles. The quantitative estimate of drug-likeness (QED) is 0.749. The summed E-state index contributed by atoms with van der Waals surface area (Å²) in [7, 11) is 0. The van der Waals surface area contributed by atoms with Crippen LogP contribution in [0.25, 0.3) is 0 Å². The summed E-state index contributed by atoms with van der Waals surface area (Å²) in [6.07, 6.45) is 1.82. The van der Waals surface area contributed by atoms with E-state index in [1.54, 1.807) is 23.1 Å². The van der Waals surface area contributed by atoms with Crippen LogP contribution in [0.5, 0.6) is 5.75 Å². The fourth-order valence-corrected chi connectivity index (χ4v) is 3.68. The average molecular weight is 432 g/mol. The van der Waals surface area contributed by atoms with Gasteiger partial charge in [-0.05, 0) is 52.5 Å². The highest BCUT2D eigenvalue weighted by Crippen LogP contribution is 2.27. The smallest absolute Gasteiger partial charge is 0.306 e. The monoisotopic (exact) mass is 431 g/mol. The van der Waals surface area contributed by atoms with Crippen LogP contribution in [0, 0.1) is 5.92 Å². The van der Waals surface area contributed by atoms with Crippen LogP contribution in [-0.4, -0.2) is 41.6 Å². The summed E-state index contributed by atoms with van der Waals surface area (Å²) in [4.78, 5) is 25.4. The van der Waals surface area contributed by atoms with Crippen molar-refractivity contribution < 1.29 is 19.4 Å². The molecule has 0 spiro atoms. The third kappa shape index (κ3) is 5.10. The van der Waals surface area contributed by atoms with Crippen molar-refractivity contribution in [3.8, 4) is 5.75 Å². The number of halogens is 1. The molecule has 0 unspecified atom stereocenters. The summed E-state index contributed by atoms with van der Waals surface area (Å²) in [6.45, 7) is 1.50. The Kier molecular flexibility index (Phi) is 6.50. The number of carboxylic acid groups (broad SMARTS) is 1. The van der Waals surface area contributed by atoms with Crippen molar-refractivity contribution in [1.82, 2.24) is 4.90 Å². The number of nitrogens with zero attached hydrogens (tertiary/aromatic N) is 1. The second-order valence-electron chi connectivity index (χ2n) is 6.63. The number of carboxylic acids is 1. The molecule has 1 amide bonds. The zero-order chi connectivity index (χ0) is 19.2. The Labute approximate surface area is 167 Å². The summed E-state index contributed by atoms with van der Waals surface area (Å²) >= 11 is 3.48. The SMILES string of the molecule is O=C(O)C1CCN(C(=O)c2ccc(OCCc3ccccc3)c(Br)c2)CC1. The lowest BCUT2D eigenvalue weighted by Crippen LogP contribution is -2.40. The molecule has 142 valence electrons. The summed E-state index contributed by atoms with van der Waals surface area (Å²) in [5.41, 5.74) is 1.79. The van der Waals surface area contributed by atoms with Gasteiger partial charge in [0.05, 0.1) is 17.0 Å². The molecule has 0 saturated carbocycles. The predicted octanol–water partition coefficient (Wildman–Crippen LogP) is 4.01. The Hall–Kier alpha value is -2.34. The van der Waals surface area contributed by atoms with Crippen LogP contribution in [-0.2, 0) is 11.2 Å². The van der Waals surface area contributed by atoms with Gasteiger partial charge in [0, 0.05) is 25.1 Å². The first-order valence-corrected chi connectivity index (χ1v) is 9.82. The summed E-state index contributed by atoms with van der Waals surface area (Å²) < 4.78 is 6.56. The van der Waals surface area contributed by atoms with Crippen LogP contribution in [0.4, 0.5) is 0 Å². The molecule has 2 aromatic carbocycles. The number of amides is 1. The van der Waals surface area contributed by atoms with E-state index in [4.69, 9.17) is 9.84 Å². The van der Waals surface area contributed by atoms with E-state index in [-0.39, 0.29) is 11.8 Å². The maximum atomic E-state index is 12.7. The van der Waals surface area contributed by atoms with Crippen molar-refractivity contribution in [2.75, 3.05) is 19.7 Å². The van der Waals surface area contributed by atoms with Crippen molar-refractivity contribution in [1.29, 1.82) is 0 Å². The van der Waals surface area contributed by atoms with Gasteiger partial charge < -0.3 is 14.7 Å². The predicted molar refractivity (Wildman–Crippen MR) is 106 cm³/mol. The van der Waals surface area contributed by atoms with Crippen molar-refractivity contribution in [3.63, 3.8) is 0 Å². The lowest BCUT2D eigenvalue weighted by Gasteiger charge is -2.30. The number of hydrogen-bond donors (Lipinski definition) is 1. The molecule has 0 atom stereocenters. The Morgan fingerprint density at radius 2 is 1.81 bits per heavy atom. The number of hydrogen-bond acceptors (Lipinski definition) is 3. The number of ether oxygens (including phenoxy) is 1. The van der Waals surface area contributed by atoms with E-state index < -0.39 is 5.97 Å². The number of rotatable bonds is 6. The van der Waals surface area contributed by atoms with Gasteiger partial charge in [0.25, 0.3) is 5.91 Å². The number of likely N-dealkylation sites (tertiary alicyclic amines) is 1. The van der Waals surface area contributed by atoms with Crippen LogP contribution >= 0.6 is 15.9 Å². The van der Waals surface area contributed by atoms with E-state index in [1.807, 2.05) is 18.2 Å². The Morgan fingerprint density at radius 1 is 1.11 bits per heavy atom. The minimum Gasteiger partial charge on any atom is -0.492 e. The summed E-state index contributed by atoms with van der Waals surface area (Å²) in [5, 5.41) is 9.07. The highest BCUT2D eigenvalue weighted by atomic mass is 79.9. The van der Waals surface area contributed by atoms with Gasteiger partial charge in [-0.25, -0.2) is 0 Å². The van der Waals surface area contributed by atoms with Crippen molar-refractivity contribution in [3.05, 3.63) is 64.1 Å². The Bertz CT molecular complexity index is 801. The largest absolute Gasteiger partial charge is 0.492 e. The van der Waals surface area contributed by atoms with Crippen LogP contribution in [0.2, 0.25) is 0 Å². The second kappa shape index (κ2) is 9.04. The maximum absolute atomic E-state index is 12.7. The minimum absolute atomic E-state index is 0.0737. The van der Waals surface area contributed by atoms with Crippen molar-refractivity contribution in [2.24, 2.45) is 5.92 Å². The van der Waals surface area contributed by atoms with Crippen LogP contribution in [0.15, 0.2) is 53.0 Å². The van der Waals surface area contributed by atoms with Crippen LogP contribution < -0.4 is 4.74 Å². The Morgan fingerprint density at radius 3 is 2.44 bits per heavy atom. The van der Waals surface area contributed by atoms with Gasteiger partial charge in [-0.3, -0.25) is 9.59 Å². The Balaban J connectivity index is 1.56. The van der Waals surface area contributed by atoms with E-state index in [0.717, 1.165) is 10.9 Å². The first kappa shape index (κ1) is 19.4. The lowest BCUT2D eigenvalue weighted by atomic mass is 9.96. The normalized spacial score (nSPS) is 14.8. The van der Waals surface area contributed by atoms with Gasteiger partial charge in [-0.15, -0.1) is 0 Å². The van der Waals surface area contributed by atoms with E-state index in [1.165, 1.54) is 5.56 Å². The third-order valence-electron chi connectivity index (χ3n) is 4.80. The average Bonchev–Trinajstić information content (AvgIpc) is 2.69. The molecule has 1 aliphatic heterocycles. The van der Waals surface area contributed by atoms with Crippen molar-refractivity contribution >= 4 is 27.8 Å². The second-order valence-corrected chi connectivity index (χ2v) is 7.49. The van der Waals surface area contributed by atoms with E-state index in [2.05, 4.69) is 28.1 Å². The molecule has 0 aromatic heterocycles. The highest BCUT2D eigenvalue weighted by molar-refractivity contribution is 9.10. The topological polar surface area (TPSA) is 66.8 Å². The molecule has 0 bridgehead atoms. The molecule has 27 heavy (non-hydrogen) atoms. The van der Waals surface area contributed by atoms with E-state index in [9.17, 15) is 9.59 Å². The summed E-state index contributed by atoms with van der Waals surface area (Å²) in [5.74, 6) is -0.495. The fourth-order valence-electron chi connectivity index (χ4n) is 3.19. The molecule has 2 aromatic rings. The van der Waals surface area contributed by atoms with Gasteiger partial charge in [0.2, 0.25) is 0 Å². The lowest BCUT2D eigenvalue weighted by molar-refractivity contribution is -0.143. The number of aliphatic carboxylic acids is 1. The van der Waals surface area contributed by atoms with E-state index >= 15 is 0 Å². The maximum Gasteiger partial charge on any atom is 0.306 e. The van der Waals surface area contributed by atoms with Gasteiger partial charge in [-0.2, -0.15) is 0 Å². The molecule has 1 N–H and O–H groups in total. The molecular formula is C21H22BrNO4. The van der Waals surface area contributed by atoms with Gasteiger partial charge in [0.15, 0.2) is 0 Å². The van der Waals surface area contributed by atoms with Gasteiger partial charge in [0.1, 0.15) is 5.75 Å². The molecule has 1 fully saturated rings. The molecule has 3 rings (SSSR count). The first-order valence-electron chi connectivity index (χ1n) is 9.03. The highest BCUT2D eigenvalue weighted by Gasteiger charge is 2.27. The van der Waals surface area contributed by atoms with Crippen LogP contribution in [0.3, 0.4) is 0 Å². The molecular weight excluding hydrogens is 410 g/mol. The summed E-state index contributed by atoms with van der Waals surface area (Å²) in [6, 6.07) is 15.4. The zero-order valence-corrected chi connectivity index (χ0v) is 16.5. The van der Waals surface area contributed by atoms with Crippen molar-refractivity contribution in [2.45, 2.75) is 19.3 Å². The molecule has 0 radical (unpaired) electrons. The standard InChI is InChI=1S/C21H22BrNO4/c22-18-14-17(20(24)23-11-8-16(9-12-23)21(25)26)6-7-19(18)27-13-10-15-4-2-1-3-5-15/h1-7,14,16H,8-13H2,(H,25,26). The molecule has 5 nitrogen and oxygen atoms in total. The van der Waals surface area contributed by atoms with E-state index in [0.29, 0.717) is 43.9 Å². The number of piperidine rings is 1. The number of carbonyl (C=O) groups excluding carboxylic acids is 1. The van der Waals surface area contributed by atoms with Crippen LogP contribution in [0.1, 0.15) is 28.8 Å². The van der Waals surface area contributed by atoms with Gasteiger partial charge in [-0.1, -0.05) is 30.3 Å².